The number of nitrogens with zero attached hydrogens (tertiary/aromatic N) is 2. The Morgan fingerprint density at radius 3 is 2.31 bits per heavy atom. The van der Waals surface area contributed by atoms with Crippen LogP contribution in [0, 0.1) is 0 Å². The minimum Gasteiger partial charge on any atom is -0.497 e. The van der Waals surface area contributed by atoms with Gasteiger partial charge in [-0.2, -0.15) is 0 Å². The van der Waals surface area contributed by atoms with Gasteiger partial charge >= 0.3 is 5.97 Å². The van der Waals surface area contributed by atoms with E-state index in [0.29, 0.717) is 35.7 Å². The number of hydrogen-bond donors (Lipinski definition) is 1. The van der Waals surface area contributed by atoms with Gasteiger partial charge in [-0.3, -0.25) is 9.59 Å². The highest BCUT2D eigenvalue weighted by Crippen LogP contribution is 2.22. The number of methoxy groups -OCH3 is 1. The predicted molar refractivity (Wildman–Crippen MR) is 145 cm³/mol. The van der Waals surface area contributed by atoms with Crippen molar-refractivity contribution in [3.63, 3.8) is 0 Å². The summed E-state index contributed by atoms with van der Waals surface area (Å²) >= 11 is 0. The smallest absolute Gasteiger partial charge is 0.338 e. The Morgan fingerprint density at radius 1 is 0.923 bits per heavy atom. The lowest BCUT2D eigenvalue weighted by molar-refractivity contribution is 0.0505. The third kappa shape index (κ3) is 7.10. The minimum atomic E-state index is -0.426. The fourth-order valence-electron chi connectivity index (χ4n) is 3.74. The molecule has 0 radical (unpaired) electrons. The van der Waals surface area contributed by atoms with E-state index < -0.39 is 11.9 Å². The van der Waals surface area contributed by atoms with Crippen LogP contribution in [-0.2, 0) is 17.8 Å². The Morgan fingerprint density at radius 2 is 1.64 bits per heavy atom. The molecule has 1 heterocycles. The lowest BCUT2D eigenvalue weighted by Crippen LogP contribution is -2.30. The van der Waals surface area contributed by atoms with E-state index in [1.54, 1.807) is 55.6 Å². The number of amides is 2. The molecule has 3 aromatic carbocycles. The van der Waals surface area contributed by atoms with Gasteiger partial charge in [0, 0.05) is 23.9 Å². The summed E-state index contributed by atoms with van der Waals surface area (Å²) in [5.41, 5.74) is 2.39. The molecule has 1 N–H and O–H groups in total. The number of ether oxygens (including phenoxy) is 2. The third-order valence-electron chi connectivity index (χ3n) is 5.84. The largest absolute Gasteiger partial charge is 0.497 e. The van der Waals surface area contributed by atoms with Crippen LogP contribution in [0.15, 0.2) is 89.5 Å². The second-order valence-electron chi connectivity index (χ2n) is 8.65. The molecule has 0 aliphatic rings. The lowest BCUT2D eigenvalue weighted by Gasteiger charge is -2.22. The van der Waals surface area contributed by atoms with Crippen LogP contribution in [0.5, 0.6) is 5.75 Å². The number of carbonyl (C=O) groups is 3. The number of anilines is 1. The molecule has 9 nitrogen and oxygen atoms in total. The van der Waals surface area contributed by atoms with Crippen LogP contribution in [0.1, 0.15) is 55.9 Å². The monoisotopic (exact) mass is 527 g/mol. The van der Waals surface area contributed by atoms with Crippen LogP contribution in [0.2, 0.25) is 0 Å². The number of benzene rings is 3. The Kier molecular flexibility index (Phi) is 9.07. The fourth-order valence-corrected chi connectivity index (χ4v) is 3.74. The number of carbonyl (C=O) groups excluding carboxylic acids is 3. The Bertz CT molecular complexity index is 1400. The Hall–Kier alpha value is -4.92. The highest BCUT2D eigenvalue weighted by Gasteiger charge is 2.22. The molecular formula is C30H29N3O6. The summed E-state index contributed by atoms with van der Waals surface area (Å²) in [4.78, 5) is 39.8. The molecule has 0 unspecified atom stereocenters. The van der Waals surface area contributed by atoms with E-state index in [0.717, 1.165) is 17.7 Å². The van der Waals surface area contributed by atoms with Crippen LogP contribution in [0.3, 0.4) is 0 Å². The van der Waals surface area contributed by atoms with Crippen molar-refractivity contribution in [1.29, 1.82) is 0 Å². The summed E-state index contributed by atoms with van der Waals surface area (Å²) < 4.78 is 15.8. The maximum absolute atomic E-state index is 13.4. The molecule has 0 bridgehead atoms. The Labute approximate surface area is 226 Å². The van der Waals surface area contributed by atoms with Gasteiger partial charge in [-0.1, -0.05) is 42.4 Å². The number of rotatable bonds is 11. The van der Waals surface area contributed by atoms with Gasteiger partial charge in [-0.25, -0.2) is 4.79 Å². The summed E-state index contributed by atoms with van der Waals surface area (Å²) in [6.45, 7) is 2.58. The average molecular weight is 528 g/mol. The molecule has 0 spiro atoms. The molecule has 4 aromatic rings. The van der Waals surface area contributed by atoms with E-state index in [1.165, 1.54) is 11.0 Å². The van der Waals surface area contributed by atoms with Crippen molar-refractivity contribution < 1.29 is 28.4 Å². The third-order valence-corrected chi connectivity index (χ3v) is 5.84. The van der Waals surface area contributed by atoms with E-state index >= 15 is 0 Å². The summed E-state index contributed by atoms with van der Waals surface area (Å²) in [7, 11) is 1.59. The number of nitrogens with one attached hydrogen (secondary N) is 1. The first kappa shape index (κ1) is 27.1. The maximum atomic E-state index is 13.4. The quantitative estimate of drug-likeness (QED) is 0.273. The molecule has 0 saturated heterocycles. The molecule has 0 aliphatic heterocycles. The molecule has 2 amide bonds. The fraction of sp³-hybridized carbons (Fsp3) is 0.200. The topological polar surface area (TPSA) is 111 Å². The highest BCUT2D eigenvalue weighted by atomic mass is 16.5. The van der Waals surface area contributed by atoms with Crippen molar-refractivity contribution in [3.05, 3.63) is 113 Å². The second-order valence-corrected chi connectivity index (χ2v) is 8.65. The summed E-state index contributed by atoms with van der Waals surface area (Å²) in [5.74, 6) is -0.0624. The van der Waals surface area contributed by atoms with E-state index in [-0.39, 0.29) is 18.1 Å². The van der Waals surface area contributed by atoms with Crippen LogP contribution in [0.4, 0.5) is 5.69 Å². The molecule has 1 aromatic heterocycles. The van der Waals surface area contributed by atoms with Gasteiger partial charge < -0.3 is 24.2 Å². The zero-order chi connectivity index (χ0) is 27.6. The molecule has 0 saturated carbocycles. The zero-order valence-corrected chi connectivity index (χ0v) is 21.8. The molecule has 0 aliphatic carbocycles. The van der Waals surface area contributed by atoms with Gasteiger partial charge in [0.1, 0.15) is 5.75 Å². The van der Waals surface area contributed by atoms with Crippen molar-refractivity contribution in [2.75, 3.05) is 18.6 Å². The summed E-state index contributed by atoms with van der Waals surface area (Å²) in [6, 6.07) is 24.2. The molecule has 4 rings (SSSR count). The number of esters is 1. The average Bonchev–Trinajstić information content (AvgIpc) is 3.47. The van der Waals surface area contributed by atoms with Crippen molar-refractivity contribution >= 4 is 23.5 Å². The lowest BCUT2D eigenvalue weighted by atomic mass is 10.1. The van der Waals surface area contributed by atoms with Gasteiger partial charge in [-0.05, 0) is 60.5 Å². The zero-order valence-electron chi connectivity index (χ0n) is 21.8. The van der Waals surface area contributed by atoms with Crippen LogP contribution in [-0.4, -0.2) is 36.7 Å². The SMILES string of the molecule is CCCOC(=O)c1ccc(N(Cc2cc(C(=O)NCc3ccc(OC)cc3)no2)C(=O)c2ccccc2)cc1. The van der Waals surface area contributed by atoms with Crippen molar-refractivity contribution in [2.24, 2.45) is 0 Å². The van der Waals surface area contributed by atoms with Crippen molar-refractivity contribution in [3.8, 4) is 5.75 Å². The first-order valence-corrected chi connectivity index (χ1v) is 12.5. The highest BCUT2D eigenvalue weighted by molar-refractivity contribution is 6.06. The van der Waals surface area contributed by atoms with Gasteiger partial charge in [0.05, 0.1) is 25.8 Å². The predicted octanol–water partition coefficient (Wildman–Crippen LogP) is 5.03. The van der Waals surface area contributed by atoms with Crippen molar-refractivity contribution in [1.82, 2.24) is 10.5 Å². The van der Waals surface area contributed by atoms with Gasteiger partial charge in [0.15, 0.2) is 11.5 Å². The summed E-state index contributed by atoms with van der Waals surface area (Å²) in [6.07, 6.45) is 0.724. The minimum absolute atomic E-state index is 0.0200. The van der Waals surface area contributed by atoms with E-state index in [1.807, 2.05) is 37.3 Å². The normalized spacial score (nSPS) is 10.5. The van der Waals surface area contributed by atoms with Crippen LogP contribution < -0.4 is 15.0 Å². The van der Waals surface area contributed by atoms with Crippen LogP contribution >= 0.6 is 0 Å². The maximum Gasteiger partial charge on any atom is 0.338 e. The second kappa shape index (κ2) is 13.0. The van der Waals surface area contributed by atoms with Gasteiger partial charge in [-0.15, -0.1) is 0 Å². The first-order chi connectivity index (χ1) is 19.0. The molecular weight excluding hydrogens is 498 g/mol. The van der Waals surface area contributed by atoms with Gasteiger partial charge in [0.2, 0.25) is 0 Å². The van der Waals surface area contributed by atoms with E-state index in [2.05, 4.69) is 10.5 Å². The first-order valence-electron chi connectivity index (χ1n) is 12.5. The number of aromatic nitrogens is 1. The van der Waals surface area contributed by atoms with E-state index in [9.17, 15) is 14.4 Å². The molecule has 0 fully saturated rings. The summed E-state index contributed by atoms with van der Waals surface area (Å²) in [5, 5.41) is 6.70. The van der Waals surface area contributed by atoms with Crippen molar-refractivity contribution in [2.45, 2.75) is 26.4 Å². The molecule has 39 heavy (non-hydrogen) atoms. The number of hydrogen-bond acceptors (Lipinski definition) is 7. The molecule has 9 heteroatoms. The van der Waals surface area contributed by atoms with Gasteiger partial charge in [0.25, 0.3) is 11.8 Å². The van der Waals surface area contributed by atoms with E-state index in [4.69, 9.17) is 14.0 Å². The standard InChI is InChI=1S/C30H29N3O6/c1-3-17-38-30(36)23-11-13-24(14-12-23)33(29(35)22-7-5-4-6-8-22)20-26-18-27(32-39-26)28(34)31-19-21-9-15-25(37-2)16-10-21/h4-16,18H,3,17,19-20H2,1-2H3,(H,31,34). The van der Waals surface area contributed by atoms with Crippen LogP contribution in [0.25, 0.3) is 0 Å². The molecule has 0 atom stereocenters. The Balaban J connectivity index is 1.49. The molecule has 200 valence electrons.